The summed E-state index contributed by atoms with van der Waals surface area (Å²) in [6.07, 6.45) is 1.89. The number of aromatic nitrogens is 1. The highest BCUT2D eigenvalue weighted by Gasteiger charge is 1.98. The van der Waals surface area contributed by atoms with Gasteiger partial charge in [0, 0.05) is 24.2 Å². The Kier molecular flexibility index (Phi) is 3.93. The van der Waals surface area contributed by atoms with Gasteiger partial charge in [0.25, 0.3) is 0 Å². The minimum Gasteiger partial charge on any atom is -0.306 e. The lowest BCUT2D eigenvalue weighted by atomic mass is 10.3. The molecular weight excluding hydrogens is 240 g/mol. The Hall–Kier alpha value is -0.900. The maximum absolute atomic E-state index is 5.85. The summed E-state index contributed by atoms with van der Waals surface area (Å²) in [7, 11) is 0. The van der Waals surface area contributed by atoms with E-state index in [-0.39, 0.29) is 0 Å². The summed E-state index contributed by atoms with van der Waals surface area (Å²) in [5, 5.41) is 3.34. The highest BCUT2D eigenvalue weighted by molar-refractivity contribution is 7.16. The van der Waals surface area contributed by atoms with Gasteiger partial charge in [-0.1, -0.05) is 17.7 Å². The van der Waals surface area contributed by atoms with Gasteiger partial charge in [0.15, 0.2) is 0 Å². The molecule has 2 aromatic heterocycles. The predicted molar refractivity (Wildman–Crippen MR) is 68.8 cm³/mol. The van der Waals surface area contributed by atoms with Crippen LogP contribution < -0.4 is 5.32 Å². The molecule has 2 rings (SSSR count). The smallest absolute Gasteiger partial charge is 0.0931 e. The molecule has 0 bridgehead atoms. The molecule has 16 heavy (non-hydrogen) atoms. The molecule has 0 aromatic carbocycles. The van der Waals surface area contributed by atoms with Crippen LogP contribution in [-0.2, 0) is 13.1 Å². The molecule has 0 saturated heterocycles. The number of thiophene rings is 1. The van der Waals surface area contributed by atoms with E-state index in [9.17, 15) is 0 Å². The summed E-state index contributed by atoms with van der Waals surface area (Å²) in [5.41, 5.74) is 2.25. The van der Waals surface area contributed by atoms with Crippen molar-refractivity contribution in [3.63, 3.8) is 0 Å². The van der Waals surface area contributed by atoms with Crippen molar-refractivity contribution < 1.29 is 0 Å². The van der Waals surface area contributed by atoms with E-state index in [2.05, 4.69) is 16.4 Å². The van der Waals surface area contributed by atoms with Crippen LogP contribution in [0, 0.1) is 6.92 Å². The number of nitrogens with one attached hydrogen (secondary N) is 1. The summed E-state index contributed by atoms with van der Waals surface area (Å²) >= 11 is 7.46. The highest BCUT2D eigenvalue weighted by atomic mass is 35.5. The minimum atomic E-state index is 0.787. The summed E-state index contributed by atoms with van der Waals surface area (Å²) in [6.45, 7) is 3.67. The van der Waals surface area contributed by atoms with Crippen LogP contribution in [0.3, 0.4) is 0 Å². The van der Waals surface area contributed by atoms with E-state index in [4.69, 9.17) is 11.6 Å². The zero-order valence-electron chi connectivity index (χ0n) is 9.03. The third kappa shape index (κ3) is 3.30. The van der Waals surface area contributed by atoms with Gasteiger partial charge in [-0.25, -0.2) is 0 Å². The van der Waals surface area contributed by atoms with Crippen LogP contribution in [0.25, 0.3) is 0 Å². The van der Waals surface area contributed by atoms with E-state index in [0.29, 0.717) is 0 Å². The minimum absolute atomic E-state index is 0.787. The van der Waals surface area contributed by atoms with Crippen molar-refractivity contribution in [2.45, 2.75) is 20.0 Å². The Morgan fingerprint density at radius 1 is 1.25 bits per heavy atom. The molecule has 1 N–H and O–H groups in total. The fourth-order valence-electron chi connectivity index (χ4n) is 1.36. The number of nitrogens with zero attached hydrogens (tertiary/aromatic N) is 1. The second-order valence-corrected chi connectivity index (χ2v) is 5.44. The Morgan fingerprint density at radius 2 is 2.12 bits per heavy atom. The first-order chi connectivity index (χ1) is 7.74. The molecule has 2 nitrogen and oxygen atoms in total. The topological polar surface area (TPSA) is 24.9 Å². The standard InChI is InChI=1S/C12H13ClN2S/c1-9-2-3-10(15-6-9)7-14-8-11-4-5-12(13)16-11/h2-6,14H,7-8H2,1H3. The summed E-state index contributed by atoms with van der Waals surface area (Å²) < 4.78 is 0.838. The number of aryl methyl sites for hydroxylation is 1. The van der Waals surface area contributed by atoms with E-state index < -0.39 is 0 Å². The van der Waals surface area contributed by atoms with Gasteiger partial charge in [-0.05, 0) is 30.7 Å². The fraction of sp³-hybridized carbons (Fsp3) is 0.250. The number of hydrogen-bond acceptors (Lipinski definition) is 3. The molecule has 0 aliphatic rings. The first-order valence-electron chi connectivity index (χ1n) is 5.10. The van der Waals surface area contributed by atoms with Crippen molar-refractivity contribution in [2.24, 2.45) is 0 Å². The SMILES string of the molecule is Cc1ccc(CNCc2ccc(Cl)s2)nc1. The lowest BCUT2D eigenvalue weighted by Crippen LogP contribution is -2.12. The van der Waals surface area contributed by atoms with Gasteiger partial charge < -0.3 is 5.32 Å². The van der Waals surface area contributed by atoms with Crippen molar-refractivity contribution in [1.82, 2.24) is 10.3 Å². The molecule has 2 aromatic rings. The summed E-state index contributed by atoms with van der Waals surface area (Å²) in [6, 6.07) is 8.09. The van der Waals surface area contributed by atoms with E-state index in [0.717, 1.165) is 23.1 Å². The van der Waals surface area contributed by atoms with E-state index in [1.54, 1.807) is 11.3 Å². The average molecular weight is 253 g/mol. The Labute approximate surface area is 104 Å². The molecule has 0 fully saturated rings. The predicted octanol–water partition coefficient (Wildman–Crippen LogP) is 3.39. The molecule has 0 saturated carbocycles. The van der Waals surface area contributed by atoms with Gasteiger partial charge in [-0.15, -0.1) is 11.3 Å². The molecule has 0 aliphatic heterocycles. The Balaban J connectivity index is 1.82. The first kappa shape index (κ1) is 11.6. The first-order valence-corrected chi connectivity index (χ1v) is 6.30. The summed E-state index contributed by atoms with van der Waals surface area (Å²) in [5.74, 6) is 0. The molecule has 2 heterocycles. The van der Waals surface area contributed by atoms with Crippen molar-refractivity contribution in [3.8, 4) is 0 Å². The fourth-order valence-corrected chi connectivity index (χ4v) is 2.42. The van der Waals surface area contributed by atoms with Gasteiger partial charge in [0.2, 0.25) is 0 Å². The number of rotatable bonds is 4. The zero-order valence-corrected chi connectivity index (χ0v) is 10.6. The van der Waals surface area contributed by atoms with Gasteiger partial charge in [-0.3, -0.25) is 4.98 Å². The molecule has 0 aliphatic carbocycles. The molecule has 0 radical (unpaired) electrons. The number of hydrogen-bond donors (Lipinski definition) is 1. The molecule has 84 valence electrons. The van der Waals surface area contributed by atoms with Crippen LogP contribution in [0.4, 0.5) is 0 Å². The summed E-state index contributed by atoms with van der Waals surface area (Å²) in [4.78, 5) is 5.58. The third-order valence-electron chi connectivity index (χ3n) is 2.21. The lowest BCUT2D eigenvalue weighted by Gasteiger charge is -2.02. The maximum atomic E-state index is 5.85. The molecular formula is C12H13ClN2S. The molecule has 0 amide bonds. The Morgan fingerprint density at radius 3 is 2.75 bits per heavy atom. The average Bonchev–Trinajstić information content (AvgIpc) is 2.67. The Bertz CT molecular complexity index is 450. The number of halogens is 1. The molecule has 0 spiro atoms. The van der Waals surface area contributed by atoms with Crippen molar-refractivity contribution >= 4 is 22.9 Å². The van der Waals surface area contributed by atoms with Crippen LogP contribution in [0.2, 0.25) is 4.34 Å². The van der Waals surface area contributed by atoms with Crippen LogP contribution in [-0.4, -0.2) is 4.98 Å². The van der Waals surface area contributed by atoms with Crippen molar-refractivity contribution in [1.29, 1.82) is 0 Å². The van der Waals surface area contributed by atoms with Gasteiger partial charge in [0.1, 0.15) is 0 Å². The second-order valence-electron chi connectivity index (χ2n) is 3.64. The second kappa shape index (κ2) is 5.43. The van der Waals surface area contributed by atoms with E-state index >= 15 is 0 Å². The molecule has 0 unspecified atom stereocenters. The van der Waals surface area contributed by atoms with Gasteiger partial charge in [-0.2, -0.15) is 0 Å². The lowest BCUT2D eigenvalue weighted by molar-refractivity contribution is 0.686. The van der Waals surface area contributed by atoms with E-state index in [1.807, 2.05) is 31.3 Å². The normalized spacial score (nSPS) is 10.6. The van der Waals surface area contributed by atoms with Crippen molar-refractivity contribution in [2.75, 3.05) is 0 Å². The van der Waals surface area contributed by atoms with Crippen molar-refractivity contribution in [3.05, 3.63) is 50.9 Å². The largest absolute Gasteiger partial charge is 0.306 e. The zero-order chi connectivity index (χ0) is 11.4. The van der Waals surface area contributed by atoms with Crippen LogP contribution in [0.15, 0.2) is 30.5 Å². The maximum Gasteiger partial charge on any atom is 0.0931 e. The van der Waals surface area contributed by atoms with Crippen LogP contribution in [0.1, 0.15) is 16.1 Å². The van der Waals surface area contributed by atoms with Gasteiger partial charge >= 0.3 is 0 Å². The highest BCUT2D eigenvalue weighted by Crippen LogP contribution is 2.20. The molecule has 4 heteroatoms. The monoisotopic (exact) mass is 252 g/mol. The quantitative estimate of drug-likeness (QED) is 0.902. The van der Waals surface area contributed by atoms with E-state index in [1.165, 1.54) is 10.4 Å². The molecule has 0 atom stereocenters. The van der Waals surface area contributed by atoms with Crippen LogP contribution >= 0.6 is 22.9 Å². The third-order valence-corrected chi connectivity index (χ3v) is 3.44. The number of pyridine rings is 1. The van der Waals surface area contributed by atoms with Gasteiger partial charge in [0.05, 0.1) is 10.0 Å². The van der Waals surface area contributed by atoms with Crippen LogP contribution in [0.5, 0.6) is 0 Å².